The zero-order chi connectivity index (χ0) is 15.9. The summed E-state index contributed by atoms with van der Waals surface area (Å²) in [6, 6.07) is 13.9. The lowest BCUT2D eigenvalue weighted by Crippen LogP contribution is -2.04. The minimum atomic E-state index is -0.0845. The predicted octanol–water partition coefficient (Wildman–Crippen LogP) is 4.32. The molecule has 0 heterocycles. The number of phenolic OH excluding ortho intramolecular Hbond substituents is 1. The van der Waals surface area contributed by atoms with Crippen molar-refractivity contribution in [3.63, 3.8) is 0 Å². The van der Waals surface area contributed by atoms with Gasteiger partial charge in [-0.15, -0.1) is 0 Å². The Morgan fingerprint density at radius 2 is 1.91 bits per heavy atom. The molecule has 1 N–H and O–H groups in total. The molecule has 2 aromatic rings. The topological polar surface area (TPSA) is 46.5 Å². The van der Waals surface area contributed by atoms with Gasteiger partial charge >= 0.3 is 0 Å². The minimum absolute atomic E-state index is 0.0845. The first-order valence-corrected chi connectivity index (χ1v) is 7.29. The highest BCUT2D eigenvalue weighted by Gasteiger charge is 2.03. The second kappa shape index (κ2) is 7.46. The molecule has 0 amide bonds. The summed E-state index contributed by atoms with van der Waals surface area (Å²) in [7, 11) is 0. The maximum absolute atomic E-state index is 12.1. The second-order valence-electron chi connectivity index (χ2n) is 5.52. The first-order chi connectivity index (χ1) is 10.5. The maximum Gasteiger partial charge on any atom is 0.185 e. The Bertz CT molecular complexity index is 655. The van der Waals surface area contributed by atoms with Gasteiger partial charge in [-0.25, -0.2) is 0 Å². The third kappa shape index (κ3) is 4.77. The van der Waals surface area contributed by atoms with E-state index in [9.17, 15) is 9.90 Å². The molecule has 0 atom stereocenters. The summed E-state index contributed by atoms with van der Waals surface area (Å²) < 4.78 is 5.59. The lowest BCUT2D eigenvalue weighted by atomic mass is 10.1. The van der Waals surface area contributed by atoms with E-state index in [1.807, 2.05) is 6.07 Å². The fourth-order valence-corrected chi connectivity index (χ4v) is 1.87. The summed E-state index contributed by atoms with van der Waals surface area (Å²) in [6.45, 7) is 4.83. The Hall–Kier alpha value is -2.55. The summed E-state index contributed by atoms with van der Waals surface area (Å²) in [6.07, 6.45) is 3.18. The van der Waals surface area contributed by atoms with E-state index in [1.165, 1.54) is 6.08 Å². The van der Waals surface area contributed by atoms with Crippen LogP contribution in [0.5, 0.6) is 11.5 Å². The van der Waals surface area contributed by atoms with Crippen LogP contribution in [0.3, 0.4) is 0 Å². The highest BCUT2D eigenvalue weighted by Crippen LogP contribution is 2.15. The molecule has 0 aromatic heterocycles. The van der Waals surface area contributed by atoms with Crippen LogP contribution in [-0.4, -0.2) is 17.5 Å². The quantitative estimate of drug-likeness (QED) is 0.637. The number of ether oxygens (including phenoxy) is 1. The second-order valence-corrected chi connectivity index (χ2v) is 5.52. The van der Waals surface area contributed by atoms with E-state index in [1.54, 1.807) is 48.5 Å². The highest BCUT2D eigenvalue weighted by molar-refractivity contribution is 6.06. The van der Waals surface area contributed by atoms with Gasteiger partial charge < -0.3 is 9.84 Å². The average Bonchev–Trinajstić information content (AvgIpc) is 2.51. The molecule has 0 aliphatic heterocycles. The van der Waals surface area contributed by atoms with Crippen molar-refractivity contribution in [1.82, 2.24) is 0 Å². The Labute approximate surface area is 130 Å². The van der Waals surface area contributed by atoms with Gasteiger partial charge in [0.25, 0.3) is 0 Å². The monoisotopic (exact) mass is 296 g/mol. The standard InChI is InChI=1S/C19H20O3/c1-14(2)13-22-18-9-7-16(8-10-18)19(21)11-6-15-4-3-5-17(20)12-15/h3-12,14,20H,13H2,1-2H3/b11-6+. The SMILES string of the molecule is CC(C)COc1ccc(C(=O)/C=C/c2cccc(O)c2)cc1. The van der Waals surface area contributed by atoms with E-state index in [2.05, 4.69) is 13.8 Å². The number of phenols is 1. The first kappa shape index (κ1) is 15.8. The van der Waals surface area contributed by atoms with Gasteiger partial charge in [-0.2, -0.15) is 0 Å². The van der Waals surface area contributed by atoms with Crippen LogP contribution in [0.25, 0.3) is 6.08 Å². The van der Waals surface area contributed by atoms with Crippen LogP contribution in [0.4, 0.5) is 0 Å². The molecule has 0 fully saturated rings. The van der Waals surface area contributed by atoms with E-state index in [4.69, 9.17) is 4.74 Å². The summed E-state index contributed by atoms with van der Waals surface area (Å²) in [4.78, 5) is 12.1. The Morgan fingerprint density at radius 1 is 1.18 bits per heavy atom. The van der Waals surface area contributed by atoms with Crippen molar-refractivity contribution in [3.8, 4) is 11.5 Å². The van der Waals surface area contributed by atoms with Crippen molar-refractivity contribution < 1.29 is 14.6 Å². The molecule has 0 saturated heterocycles. The molecule has 0 radical (unpaired) electrons. The minimum Gasteiger partial charge on any atom is -0.508 e. The predicted molar refractivity (Wildman–Crippen MR) is 88.2 cm³/mol. The molecule has 0 unspecified atom stereocenters. The molecule has 0 saturated carbocycles. The van der Waals surface area contributed by atoms with E-state index in [-0.39, 0.29) is 11.5 Å². The van der Waals surface area contributed by atoms with Gasteiger partial charge in [0.1, 0.15) is 11.5 Å². The molecule has 114 valence electrons. The van der Waals surface area contributed by atoms with E-state index < -0.39 is 0 Å². The Kier molecular flexibility index (Phi) is 5.37. The van der Waals surface area contributed by atoms with E-state index in [0.29, 0.717) is 18.1 Å². The van der Waals surface area contributed by atoms with Crippen LogP contribution >= 0.6 is 0 Å². The van der Waals surface area contributed by atoms with Crippen LogP contribution < -0.4 is 4.74 Å². The number of rotatable bonds is 6. The average molecular weight is 296 g/mol. The zero-order valence-electron chi connectivity index (χ0n) is 12.8. The van der Waals surface area contributed by atoms with Crippen molar-refractivity contribution in [1.29, 1.82) is 0 Å². The van der Waals surface area contributed by atoms with Crippen LogP contribution in [0.2, 0.25) is 0 Å². The van der Waals surface area contributed by atoms with Crippen LogP contribution in [0.15, 0.2) is 54.6 Å². The number of hydrogen-bond acceptors (Lipinski definition) is 3. The lowest BCUT2D eigenvalue weighted by Gasteiger charge is -2.08. The Balaban J connectivity index is 2.00. The summed E-state index contributed by atoms with van der Waals surface area (Å²) >= 11 is 0. The number of ketones is 1. The summed E-state index contributed by atoms with van der Waals surface area (Å²) in [5.74, 6) is 1.33. The van der Waals surface area contributed by atoms with Crippen molar-refractivity contribution in [2.24, 2.45) is 5.92 Å². The third-order valence-electron chi connectivity index (χ3n) is 3.02. The van der Waals surface area contributed by atoms with Crippen LogP contribution in [-0.2, 0) is 0 Å². The van der Waals surface area contributed by atoms with Gasteiger partial charge in [-0.05, 0) is 54.0 Å². The summed E-state index contributed by atoms with van der Waals surface area (Å²) in [5.41, 5.74) is 1.39. The molecule has 3 nitrogen and oxygen atoms in total. The molecule has 0 spiro atoms. The van der Waals surface area contributed by atoms with Gasteiger partial charge in [0.15, 0.2) is 5.78 Å². The lowest BCUT2D eigenvalue weighted by molar-refractivity contribution is 0.104. The molecular formula is C19H20O3. The van der Waals surface area contributed by atoms with Crippen molar-refractivity contribution in [3.05, 3.63) is 65.7 Å². The molecule has 22 heavy (non-hydrogen) atoms. The van der Waals surface area contributed by atoms with E-state index in [0.717, 1.165) is 11.3 Å². The molecule has 0 aliphatic rings. The number of carbonyl (C=O) groups is 1. The largest absolute Gasteiger partial charge is 0.508 e. The van der Waals surface area contributed by atoms with E-state index >= 15 is 0 Å². The molecule has 3 heteroatoms. The van der Waals surface area contributed by atoms with Gasteiger partial charge in [0.05, 0.1) is 6.61 Å². The number of aromatic hydroxyl groups is 1. The number of hydrogen-bond donors (Lipinski definition) is 1. The van der Waals surface area contributed by atoms with Gasteiger partial charge in [0, 0.05) is 5.56 Å². The maximum atomic E-state index is 12.1. The fourth-order valence-electron chi connectivity index (χ4n) is 1.87. The molecule has 2 rings (SSSR count). The highest BCUT2D eigenvalue weighted by atomic mass is 16.5. The zero-order valence-corrected chi connectivity index (χ0v) is 12.8. The third-order valence-corrected chi connectivity index (χ3v) is 3.02. The van der Waals surface area contributed by atoms with Crippen LogP contribution in [0.1, 0.15) is 29.8 Å². The van der Waals surface area contributed by atoms with Crippen molar-refractivity contribution in [2.45, 2.75) is 13.8 Å². The van der Waals surface area contributed by atoms with Gasteiger partial charge in [-0.3, -0.25) is 4.79 Å². The fraction of sp³-hybridized carbons (Fsp3) is 0.211. The molecule has 2 aromatic carbocycles. The molecule has 0 bridgehead atoms. The number of carbonyl (C=O) groups excluding carboxylic acids is 1. The molecular weight excluding hydrogens is 276 g/mol. The summed E-state index contributed by atoms with van der Waals surface area (Å²) in [5, 5.41) is 9.38. The Morgan fingerprint density at radius 3 is 2.55 bits per heavy atom. The molecule has 0 aliphatic carbocycles. The van der Waals surface area contributed by atoms with Crippen molar-refractivity contribution in [2.75, 3.05) is 6.61 Å². The van der Waals surface area contributed by atoms with Gasteiger partial charge in [0.2, 0.25) is 0 Å². The van der Waals surface area contributed by atoms with Crippen LogP contribution in [0, 0.1) is 5.92 Å². The van der Waals surface area contributed by atoms with Gasteiger partial charge in [-0.1, -0.05) is 32.1 Å². The number of allylic oxidation sites excluding steroid dienone is 1. The smallest absolute Gasteiger partial charge is 0.185 e. The van der Waals surface area contributed by atoms with Crippen molar-refractivity contribution >= 4 is 11.9 Å². The number of benzene rings is 2. The normalized spacial score (nSPS) is 11.0. The first-order valence-electron chi connectivity index (χ1n) is 7.29.